The van der Waals surface area contributed by atoms with E-state index in [1.807, 2.05) is 13.8 Å². The molecule has 0 aromatic carbocycles. The van der Waals surface area contributed by atoms with Crippen molar-refractivity contribution in [3.05, 3.63) is 27.9 Å². The number of hydrogen-bond donors (Lipinski definition) is 2. The first-order valence-corrected chi connectivity index (χ1v) is 6.28. The minimum absolute atomic E-state index is 0.132. The summed E-state index contributed by atoms with van der Waals surface area (Å²) < 4.78 is 10.5. The number of nitrogens with zero attached hydrogens (tertiary/aromatic N) is 3. The molecule has 116 valence electrons. The highest BCUT2D eigenvalue weighted by Gasteiger charge is 2.19. The maximum atomic E-state index is 11.0. The van der Waals surface area contributed by atoms with Crippen molar-refractivity contribution in [2.45, 2.75) is 13.8 Å². The summed E-state index contributed by atoms with van der Waals surface area (Å²) in [4.78, 5) is 14.1. The SMILES string of the molecule is CC(C)COCCOc1ncc(C(N)=NO)cc1[N+](=O)[O-]. The second-order valence-corrected chi connectivity index (χ2v) is 4.61. The molecule has 9 nitrogen and oxygen atoms in total. The highest BCUT2D eigenvalue weighted by Crippen LogP contribution is 2.24. The Kier molecular flexibility index (Phi) is 6.34. The summed E-state index contributed by atoms with van der Waals surface area (Å²) in [5.41, 5.74) is 5.13. The molecule has 0 aliphatic rings. The van der Waals surface area contributed by atoms with E-state index in [0.717, 1.165) is 6.07 Å². The molecule has 1 aromatic rings. The van der Waals surface area contributed by atoms with Gasteiger partial charge in [-0.25, -0.2) is 4.98 Å². The van der Waals surface area contributed by atoms with Crippen LogP contribution in [0.4, 0.5) is 5.69 Å². The molecule has 0 radical (unpaired) electrons. The zero-order chi connectivity index (χ0) is 15.8. The van der Waals surface area contributed by atoms with Crippen molar-refractivity contribution < 1.29 is 19.6 Å². The fraction of sp³-hybridized carbons (Fsp3) is 0.500. The average molecular weight is 298 g/mol. The number of nitrogens with two attached hydrogens (primary N) is 1. The van der Waals surface area contributed by atoms with E-state index < -0.39 is 4.92 Å². The first-order valence-electron chi connectivity index (χ1n) is 6.28. The van der Waals surface area contributed by atoms with Crippen LogP contribution in [-0.2, 0) is 4.74 Å². The Labute approximate surface area is 121 Å². The molecule has 0 aliphatic carbocycles. The van der Waals surface area contributed by atoms with Gasteiger partial charge in [0.15, 0.2) is 5.84 Å². The minimum Gasteiger partial charge on any atom is -0.470 e. The van der Waals surface area contributed by atoms with Gasteiger partial charge in [0.25, 0.3) is 5.88 Å². The zero-order valence-corrected chi connectivity index (χ0v) is 11.9. The van der Waals surface area contributed by atoms with E-state index in [2.05, 4.69) is 10.1 Å². The molecule has 1 heterocycles. The summed E-state index contributed by atoms with van der Waals surface area (Å²) in [7, 11) is 0. The molecule has 0 spiro atoms. The smallest absolute Gasteiger partial charge is 0.331 e. The zero-order valence-electron chi connectivity index (χ0n) is 11.9. The second-order valence-electron chi connectivity index (χ2n) is 4.61. The number of rotatable bonds is 8. The van der Waals surface area contributed by atoms with Gasteiger partial charge in [-0.15, -0.1) is 0 Å². The standard InChI is InChI=1S/C12H18N4O5/c1-8(2)7-20-3-4-21-12-10(16(18)19)5-9(6-14-12)11(13)15-17/h5-6,8,17H,3-4,7H2,1-2H3,(H2,13,15). The minimum atomic E-state index is -0.647. The molecule has 1 aromatic heterocycles. The van der Waals surface area contributed by atoms with E-state index in [-0.39, 0.29) is 29.6 Å². The molecule has 21 heavy (non-hydrogen) atoms. The van der Waals surface area contributed by atoms with E-state index in [1.54, 1.807) is 0 Å². The number of nitro groups is 1. The van der Waals surface area contributed by atoms with Crippen LogP contribution in [0, 0.1) is 16.0 Å². The van der Waals surface area contributed by atoms with Crippen LogP contribution >= 0.6 is 0 Å². The van der Waals surface area contributed by atoms with E-state index in [1.165, 1.54) is 6.20 Å². The Balaban J connectivity index is 2.71. The van der Waals surface area contributed by atoms with Gasteiger partial charge >= 0.3 is 5.69 Å². The Bertz CT molecular complexity index is 518. The van der Waals surface area contributed by atoms with Gasteiger partial charge in [-0.3, -0.25) is 10.1 Å². The summed E-state index contributed by atoms with van der Waals surface area (Å²) in [6, 6.07) is 1.13. The number of ether oxygens (including phenoxy) is 2. The normalized spacial score (nSPS) is 11.7. The van der Waals surface area contributed by atoms with Gasteiger partial charge in [-0.2, -0.15) is 0 Å². The summed E-state index contributed by atoms with van der Waals surface area (Å²) in [6.07, 6.45) is 1.23. The lowest BCUT2D eigenvalue weighted by molar-refractivity contribution is -0.386. The molecular weight excluding hydrogens is 280 g/mol. The topological polar surface area (TPSA) is 133 Å². The van der Waals surface area contributed by atoms with Crippen molar-refractivity contribution in [3.8, 4) is 5.88 Å². The molecular formula is C12H18N4O5. The van der Waals surface area contributed by atoms with Gasteiger partial charge in [-0.1, -0.05) is 19.0 Å². The molecule has 9 heteroatoms. The van der Waals surface area contributed by atoms with Crippen molar-refractivity contribution in [2.24, 2.45) is 16.8 Å². The Morgan fingerprint density at radius 3 is 2.86 bits per heavy atom. The monoisotopic (exact) mass is 298 g/mol. The summed E-state index contributed by atoms with van der Waals surface area (Å²) in [5, 5.41) is 22.3. The molecule has 0 saturated carbocycles. The number of amidine groups is 1. The van der Waals surface area contributed by atoms with Crippen LogP contribution in [0.15, 0.2) is 17.4 Å². The summed E-state index contributed by atoms with van der Waals surface area (Å²) >= 11 is 0. The number of oxime groups is 1. The van der Waals surface area contributed by atoms with Crippen molar-refractivity contribution in [1.29, 1.82) is 0 Å². The lowest BCUT2D eigenvalue weighted by atomic mass is 10.2. The van der Waals surface area contributed by atoms with Crippen molar-refractivity contribution in [2.75, 3.05) is 19.8 Å². The quantitative estimate of drug-likeness (QED) is 0.183. The molecule has 0 bridgehead atoms. The van der Waals surface area contributed by atoms with Gasteiger partial charge in [0.2, 0.25) is 0 Å². The van der Waals surface area contributed by atoms with Crippen LogP contribution in [0.5, 0.6) is 5.88 Å². The molecule has 0 amide bonds. The van der Waals surface area contributed by atoms with Gasteiger partial charge in [0.05, 0.1) is 11.5 Å². The Morgan fingerprint density at radius 1 is 1.57 bits per heavy atom. The number of pyridine rings is 1. The lowest BCUT2D eigenvalue weighted by Crippen LogP contribution is -2.15. The van der Waals surface area contributed by atoms with E-state index in [4.69, 9.17) is 20.4 Å². The van der Waals surface area contributed by atoms with E-state index in [0.29, 0.717) is 19.1 Å². The summed E-state index contributed by atoms with van der Waals surface area (Å²) in [6.45, 7) is 5.06. The molecule has 3 N–H and O–H groups in total. The van der Waals surface area contributed by atoms with Gasteiger partial charge in [0, 0.05) is 24.4 Å². The largest absolute Gasteiger partial charge is 0.470 e. The predicted molar refractivity (Wildman–Crippen MR) is 74.6 cm³/mol. The predicted octanol–water partition coefficient (Wildman–Crippen LogP) is 1.14. The maximum absolute atomic E-state index is 11.0. The van der Waals surface area contributed by atoms with Crippen LogP contribution in [0.3, 0.4) is 0 Å². The van der Waals surface area contributed by atoms with Crippen LogP contribution in [0.25, 0.3) is 0 Å². The first-order chi connectivity index (χ1) is 9.95. The van der Waals surface area contributed by atoms with Crippen LogP contribution < -0.4 is 10.5 Å². The molecule has 0 aliphatic heterocycles. The van der Waals surface area contributed by atoms with Gasteiger partial charge in [0.1, 0.15) is 6.61 Å². The van der Waals surface area contributed by atoms with Crippen LogP contribution in [0.2, 0.25) is 0 Å². The summed E-state index contributed by atoms with van der Waals surface area (Å²) in [5.74, 6) is -0.00228. The maximum Gasteiger partial charge on any atom is 0.331 e. The highest BCUT2D eigenvalue weighted by atomic mass is 16.6. The van der Waals surface area contributed by atoms with E-state index in [9.17, 15) is 10.1 Å². The fourth-order valence-electron chi connectivity index (χ4n) is 1.40. The third-order valence-corrected chi connectivity index (χ3v) is 2.35. The number of aromatic nitrogens is 1. The van der Waals surface area contributed by atoms with Crippen molar-refractivity contribution in [1.82, 2.24) is 4.98 Å². The van der Waals surface area contributed by atoms with Crippen LogP contribution in [0.1, 0.15) is 19.4 Å². The third-order valence-electron chi connectivity index (χ3n) is 2.35. The fourth-order valence-corrected chi connectivity index (χ4v) is 1.40. The number of hydrogen-bond acceptors (Lipinski definition) is 7. The van der Waals surface area contributed by atoms with Crippen molar-refractivity contribution >= 4 is 11.5 Å². The molecule has 0 atom stereocenters. The third kappa shape index (κ3) is 5.22. The molecule has 0 unspecified atom stereocenters. The van der Waals surface area contributed by atoms with Crippen LogP contribution in [-0.4, -0.2) is 40.8 Å². The van der Waals surface area contributed by atoms with Crippen molar-refractivity contribution in [3.63, 3.8) is 0 Å². The molecule has 0 fully saturated rings. The lowest BCUT2D eigenvalue weighted by Gasteiger charge is -2.08. The Morgan fingerprint density at radius 2 is 2.29 bits per heavy atom. The average Bonchev–Trinajstić information content (AvgIpc) is 2.45. The van der Waals surface area contributed by atoms with Gasteiger partial charge in [-0.05, 0) is 5.92 Å². The highest BCUT2D eigenvalue weighted by molar-refractivity contribution is 5.97. The Hall–Kier alpha value is -2.42. The molecule has 0 saturated heterocycles. The van der Waals surface area contributed by atoms with Gasteiger partial charge < -0.3 is 20.4 Å². The second kappa shape index (κ2) is 8.00. The van der Waals surface area contributed by atoms with E-state index >= 15 is 0 Å². The molecule has 1 rings (SSSR count). The first kappa shape index (κ1) is 16.6.